The van der Waals surface area contributed by atoms with Crippen LogP contribution in [0.15, 0.2) is 76.7 Å². The highest BCUT2D eigenvalue weighted by Crippen LogP contribution is 2.40. The molecule has 37 heavy (non-hydrogen) atoms. The van der Waals surface area contributed by atoms with Crippen molar-refractivity contribution in [3.8, 4) is 11.5 Å². The number of rotatable bonds is 3. The highest BCUT2D eigenvalue weighted by Gasteiger charge is 2.35. The Morgan fingerprint density at radius 3 is 2.46 bits per heavy atom. The van der Waals surface area contributed by atoms with Gasteiger partial charge in [0.05, 0.1) is 19.3 Å². The fraction of sp³-hybridized carbons (Fsp3) is 0.179. The fourth-order valence-corrected chi connectivity index (χ4v) is 5.06. The van der Waals surface area contributed by atoms with Gasteiger partial charge in [-0.2, -0.15) is 0 Å². The van der Waals surface area contributed by atoms with Gasteiger partial charge in [-0.25, -0.2) is 9.79 Å². The number of aliphatic imine (C=N–C) groups is 2. The molecule has 0 aliphatic carbocycles. The number of carbonyl (C=O) groups is 1. The molecule has 1 unspecified atom stereocenters. The Hall–Kier alpha value is -3.81. The van der Waals surface area contributed by atoms with Crippen LogP contribution in [0.3, 0.4) is 0 Å². The van der Waals surface area contributed by atoms with E-state index in [1.54, 1.807) is 35.4 Å². The first-order chi connectivity index (χ1) is 18.0. The zero-order valence-corrected chi connectivity index (χ0v) is 21.2. The van der Waals surface area contributed by atoms with Crippen LogP contribution in [0.2, 0.25) is 10.0 Å². The lowest BCUT2D eigenvalue weighted by Crippen LogP contribution is -2.42. The maximum atomic E-state index is 13.4. The molecule has 4 aromatic rings. The molecule has 2 aliphatic heterocycles. The monoisotopic (exact) mass is 532 g/mol. The Balaban J connectivity index is 1.36. The van der Waals surface area contributed by atoms with Crippen LogP contribution < -0.4 is 9.47 Å². The number of aromatic nitrogens is 1. The van der Waals surface area contributed by atoms with Crippen molar-refractivity contribution in [3.63, 3.8) is 0 Å². The van der Waals surface area contributed by atoms with Gasteiger partial charge in [-0.1, -0.05) is 35.3 Å². The zero-order chi connectivity index (χ0) is 25.4. The predicted octanol–water partition coefficient (Wildman–Crippen LogP) is 6.48. The summed E-state index contributed by atoms with van der Waals surface area (Å²) in [5.41, 5.74) is 3.97. The van der Waals surface area contributed by atoms with Crippen molar-refractivity contribution < 1.29 is 14.3 Å². The average Bonchev–Trinajstić information content (AvgIpc) is 3.28. The molecule has 186 valence electrons. The minimum atomic E-state index is -0.442. The van der Waals surface area contributed by atoms with E-state index >= 15 is 0 Å². The third kappa shape index (κ3) is 4.80. The van der Waals surface area contributed by atoms with Gasteiger partial charge in [0.2, 0.25) is 5.90 Å². The molecule has 0 spiro atoms. The van der Waals surface area contributed by atoms with Gasteiger partial charge in [-0.15, -0.1) is 0 Å². The van der Waals surface area contributed by atoms with E-state index in [1.807, 2.05) is 42.5 Å². The van der Waals surface area contributed by atoms with Gasteiger partial charge in [-0.3, -0.25) is 9.89 Å². The number of halogens is 2. The number of hydrogen-bond acceptors (Lipinski definition) is 5. The van der Waals surface area contributed by atoms with E-state index in [-0.39, 0.29) is 0 Å². The Kier molecular flexibility index (Phi) is 6.32. The van der Waals surface area contributed by atoms with Crippen LogP contribution in [0.4, 0.5) is 4.79 Å². The lowest BCUT2D eigenvalue weighted by Gasteiger charge is -2.35. The molecule has 7 nitrogen and oxygen atoms in total. The van der Waals surface area contributed by atoms with E-state index in [1.165, 1.54) is 0 Å². The lowest BCUT2D eigenvalue weighted by atomic mass is 9.92. The molecule has 6 rings (SSSR count). The Labute approximate surface area is 223 Å². The summed E-state index contributed by atoms with van der Waals surface area (Å²) in [6.07, 6.45) is 1.86. The number of fused-ring (bicyclic) bond motifs is 3. The Morgan fingerprint density at radius 2 is 1.70 bits per heavy atom. The maximum absolute atomic E-state index is 13.4. The molecule has 3 heterocycles. The molecular formula is C28H22Cl2N4O3. The van der Waals surface area contributed by atoms with Gasteiger partial charge in [0.1, 0.15) is 17.5 Å². The fourth-order valence-electron chi connectivity index (χ4n) is 4.77. The van der Waals surface area contributed by atoms with Crippen molar-refractivity contribution >= 4 is 52.3 Å². The van der Waals surface area contributed by atoms with Crippen LogP contribution in [0.5, 0.6) is 11.5 Å². The molecule has 0 saturated carbocycles. The van der Waals surface area contributed by atoms with Crippen molar-refractivity contribution in [2.45, 2.75) is 12.5 Å². The first kappa shape index (κ1) is 23.6. The second-order valence-electron chi connectivity index (χ2n) is 8.80. The maximum Gasteiger partial charge on any atom is 0.416 e. The van der Waals surface area contributed by atoms with Gasteiger partial charge in [0, 0.05) is 33.2 Å². The summed E-state index contributed by atoms with van der Waals surface area (Å²) >= 11 is 12.3. The minimum Gasteiger partial charge on any atom is -0.438 e. The number of amides is 1. The molecule has 0 fully saturated rings. The summed E-state index contributed by atoms with van der Waals surface area (Å²) in [5.74, 6) is 1.56. The number of aromatic amines is 1. The standard InChI is InChI=1S/C28H22Cl2N4O3/c29-18-3-8-21(9-4-18)37-28(35)34-14-11-22-23-15-19(30)5-10-24(23)33-26(22)27(34)17-1-6-20(7-2-17)36-25-16-31-12-13-32-25/h1-10,15-16,27,33H,11-14H2. The van der Waals surface area contributed by atoms with Crippen molar-refractivity contribution in [1.82, 2.24) is 9.88 Å². The first-order valence-corrected chi connectivity index (χ1v) is 12.7. The zero-order valence-electron chi connectivity index (χ0n) is 19.7. The second kappa shape index (κ2) is 9.92. The highest BCUT2D eigenvalue weighted by molar-refractivity contribution is 6.31. The van der Waals surface area contributed by atoms with Crippen LogP contribution in [-0.2, 0) is 6.42 Å². The number of nitrogens with zero attached hydrogens (tertiary/aromatic N) is 3. The molecule has 3 aromatic carbocycles. The van der Waals surface area contributed by atoms with Crippen LogP contribution >= 0.6 is 23.2 Å². The summed E-state index contributed by atoms with van der Waals surface area (Å²) in [4.78, 5) is 27.2. The molecule has 0 saturated heterocycles. The number of nitrogens with one attached hydrogen (secondary N) is 1. The van der Waals surface area contributed by atoms with E-state index < -0.39 is 12.1 Å². The van der Waals surface area contributed by atoms with Gasteiger partial charge in [0.15, 0.2) is 0 Å². The Morgan fingerprint density at radius 1 is 0.946 bits per heavy atom. The molecule has 1 N–H and O–H groups in total. The van der Waals surface area contributed by atoms with E-state index in [0.29, 0.717) is 53.5 Å². The molecule has 0 radical (unpaired) electrons. The molecule has 1 amide bonds. The normalized spacial score (nSPS) is 16.9. The predicted molar refractivity (Wildman–Crippen MR) is 146 cm³/mol. The largest absolute Gasteiger partial charge is 0.438 e. The Bertz CT molecular complexity index is 1530. The van der Waals surface area contributed by atoms with Crippen LogP contribution in [0, 0.1) is 0 Å². The highest BCUT2D eigenvalue weighted by atomic mass is 35.5. The third-order valence-electron chi connectivity index (χ3n) is 6.46. The summed E-state index contributed by atoms with van der Waals surface area (Å²) in [7, 11) is 0. The lowest BCUT2D eigenvalue weighted by molar-refractivity contribution is 0.135. The number of benzene rings is 3. The van der Waals surface area contributed by atoms with E-state index in [4.69, 9.17) is 32.7 Å². The molecule has 0 bridgehead atoms. The molecule has 1 aromatic heterocycles. The van der Waals surface area contributed by atoms with Crippen LogP contribution in [-0.4, -0.2) is 47.7 Å². The van der Waals surface area contributed by atoms with E-state index in [9.17, 15) is 4.79 Å². The summed E-state index contributed by atoms with van der Waals surface area (Å²) in [5, 5.41) is 2.31. The molecule has 1 atom stereocenters. The van der Waals surface area contributed by atoms with Gasteiger partial charge in [-0.05, 0) is 72.1 Å². The molecular weight excluding hydrogens is 511 g/mol. The van der Waals surface area contributed by atoms with Crippen molar-refractivity contribution in [1.29, 1.82) is 0 Å². The van der Waals surface area contributed by atoms with Crippen molar-refractivity contribution in [2.75, 3.05) is 19.6 Å². The van der Waals surface area contributed by atoms with Gasteiger partial charge >= 0.3 is 6.09 Å². The average molecular weight is 533 g/mol. The smallest absolute Gasteiger partial charge is 0.416 e. The molecule has 2 aliphatic rings. The first-order valence-electron chi connectivity index (χ1n) is 11.9. The van der Waals surface area contributed by atoms with Crippen molar-refractivity contribution in [2.24, 2.45) is 9.98 Å². The second-order valence-corrected chi connectivity index (χ2v) is 9.67. The molecule has 9 heteroatoms. The van der Waals surface area contributed by atoms with Gasteiger partial charge < -0.3 is 14.5 Å². The van der Waals surface area contributed by atoms with E-state index in [2.05, 4.69) is 15.0 Å². The minimum absolute atomic E-state index is 0.391. The number of H-pyrrole nitrogens is 1. The summed E-state index contributed by atoms with van der Waals surface area (Å²) < 4.78 is 11.6. The quantitative estimate of drug-likeness (QED) is 0.327. The van der Waals surface area contributed by atoms with Crippen LogP contribution in [0.25, 0.3) is 10.9 Å². The van der Waals surface area contributed by atoms with Crippen molar-refractivity contribution in [3.05, 3.63) is 93.6 Å². The number of ether oxygens (including phenoxy) is 2. The third-order valence-corrected chi connectivity index (χ3v) is 6.95. The topological polar surface area (TPSA) is 79.3 Å². The van der Waals surface area contributed by atoms with Gasteiger partial charge in [0.25, 0.3) is 0 Å². The summed E-state index contributed by atoms with van der Waals surface area (Å²) in [6.45, 7) is 1.77. The SMILES string of the molecule is O=C(Oc1ccc(Cl)cc1)N1CCc2c([nH]c3ccc(Cl)cc23)C1c1ccc(OC2=NCCN=C2)cc1. The number of carbonyl (C=O) groups excluding carboxylic acids is 1. The number of hydrogen-bond donors (Lipinski definition) is 1. The van der Waals surface area contributed by atoms with Crippen LogP contribution in [0.1, 0.15) is 22.9 Å². The summed E-state index contributed by atoms with van der Waals surface area (Å²) in [6, 6.07) is 19.8. The van der Waals surface area contributed by atoms with E-state index in [0.717, 1.165) is 27.7 Å².